The summed E-state index contributed by atoms with van der Waals surface area (Å²) in [4.78, 5) is 10.3. The lowest BCUT2D eigenvalue weighted by Gasteiger charge is -2.39. The Bertz CT molecular complexity index is 750. The van der Waals surface area contributed by atoms with Crippen molar-refractivity contribution in [3.05, 3.63) is 24.3 Å². The minimum Gasteiger partial charge on any atom is -0.452 e. The lowest BCUT2D eigenvalue weighted by atomic mass is 9.81. The molecule has 1 saturated carbocycles. The predicted molar refractivity (Wildman–Crippen MR) is 93.5 cm³/mol. The molecule has 2 aliphatic rings. The number of carbonyl (C=O) groups is 1. The first-order chi connectivity index (χ1) is 15.6. The van der Waals surface area contributed by atoms with Crippen molar-refractivity contribution in [1.29, 1.82) is 0 Å². The Labute approximate surface area is 190 Å². The summed E-state index contributed by atoms with van der Waals surface area (Å²) in [6, 6.07) is 0. The van der Waals surface area contributed by atoms with E-state index in [4.69, 9.17) is 0 Å². The van der Waals surface area contributed by atoms with Gasteiger partial charge in [0, 0.05) is 7.11 Å². The molecule has 1 fully saturated rings. The highest BCUT2D eigenvalue weighted by Gasteiger charge is 2.73. The van der Waals surface area contributed by atoms with Crippen molar-refractivity contribution in [1.82, 2.24) is 0 Å². The molecule has 204 valence electrons. The highest BCUT2D eigenvalue weighted by molar-refractivity contribution is 5.89. The molecule has 0 heterocycles. The SMILES string of the molecule is C=C(C(=O)OCC(F)(F)F)C(F)(F)F.COCOC(CC1CC2C=CC1C2)(C(F)(F)F)C(F)(F)F. The van der Waals surface area contributed by atoms with Gasteiger partial charge in [0.1, 0.15) is 12.4 Å². The second-order valence-corrected chi connectivity index (χ2v) is 7.79. The third kappa shape index (κ3) is 8.29. The molecule has 2 bridgehead atoms. The van der Waals surface area contributed by atoms with Gasteiger partial charge in [-0.2, -0.15) is 52.7 Å². The fourth-order valence-electron chi connectivity index (χ4n) is 3.62. The molecule has 2 aliphatic carbocycles. The summed E-state index contributed by atoms with van der Waals surface area (Å²) < 4.78 is 160. The van der Waals surface area contributed by atoms with E-state index in [1.165, 1.54) is 0 Å². The third-order valence-electron chi connectivity index (χ3n) is 5.26. The number of ether oxygens (including phenoxy) is 3. The zero-order valence-electron chi connectivity index (χ0n) is 17.8. The van der Waals surface area contributed by atoms with Crippen LogP contribution < -0.4 is 0 Å². The highest BCUT2D eigenvalue weighted by Crippen LogP contribution is 2.54. The summed E-state index contributed by atoms with van der Waals surface area (Å²) in [6.45, 7) is -0.869. The van der Waals surface area contributed by atoms with Crippen molar-refractivity contribution in [3.8, 4) is 0 Å². The van der Waals surface area contributed by atoms with Gasteiger partial charge in [0.15, 0.2) is 6.61 Å². The van der Waals surface area contributed by atoms with Crippen molar-refractivity contribution >= 4 is 5.97 Å². The number of fused-ring (bicyclic) bond motifs is 2. The molecule has 0 aromatic carbocycles. The molecule has 0 radical (unpaired) electrons. The summed E-state index contributed by atoms with van der Waals surface area (Å²) in [5, 5.41) is 0. The summed E-state index contributed by atoms with van der Waals surface area (Å²) in [6.07, 6.45) is -17.6. The van der Waals surface area contributed by atoms with E-state index in [0.29, 0.717) is 12.8 Å². The van der Waals surface area contributed by atoms with Crippen molar-refractivity contribution in [2.24, 2.45) is 17.8 Å². The Morgan fingerprint density at radius 2 is 1.46 bits per heavy atom. The van der Waals surface area contributed by atoms with Crippen LogP contribution >= 0.6 is 0 Å². The number of rotatable bonds is 7. The molecule has 0 aromatic rings. The quantitative estimate of drug-likeness (QED) is 0.125. The van der Waals surface area contributed by atoms with Gasteiger partial charge < -0.3 is 14.2 Å². The largest absolute Gasteiger partial charge is 0.452 e. The van der Waals surface area contributed by atoms with Gasteiger partial charge in [0.25, 0.3) is 5.60 Å². The van der Waals surface area contributed by atoms with Gasteiger partial charge in [0.2, 0.25) is 0 Å². The van der Waals surface area contributed by atoms with Crippen LogP contribution in [0.4, 0.5) is 52.7 Å². The molecule has 16 heteroatoms. The molecular formula is C19H20F12O4. The van der Waals surface area contributed by atoms with Crippen LogP contribution in [0.15, 0.2) is 24.3 Å². The minimum atomic E-state index is -5.55. The highest BCUT2D eigenvalue weighted by atomic mass is 19.4. The summed E-state index contributed by atoms with van der Waals surface area (Å²) >= 11 is 0. The topological polar surface area (TPSA) is 44.8 Å². The summed E-state index contributed by atoms with van der Waals surface area (Å²) in [5.41, 5.74) is -6.14. The number of halogens is 12. The fourth-order valence-corrected chi connectivity index (χ4v) is 3.62. The number of alkyl halides is 12. The maximum Gasteiger partial charge on any atom is 0.426 e. The molecular weight excluding hydrogens is 520 g/mol. The average molecular weight is 540 g/mol. The Kier molecular flexibility index (Phi) is 9.73. The Hall–Kier alpha value is -1.97. The van der Waals surface area contributed by atoms with Gasteiger partial charge in [-0.3, -0.25) is 0 Å². The Balaban J connectivity index is 0.000000383. The molecule has 3 unspecified atom stereocenters. The zero-order chi connectivity index (χ0) is 27.5. The van der Waals surface area contributed by atoms with E-state index in [1.807, 2.05) is 6.08 Å². The molecule has 0 saturated heterocycles. The van der Waals surface area contributed by atoms with Crippen LogP contribution in [0.5, 0.6) is 0 Å². The minimum absolute atomic E-state index is 0.0848. The number of carbonyl (C=O) groups excluding carboxylic acids is 1. The maximum atomic E-state index is 13.2. The van der Waals surface area contributed by atoms with Gasteiger partial charge in [-0.1, -0.05) is 18.7 Å². The van der Waals surface area contributed by atoms with Crippen LogP contribution in [0.1, 0.15) is 19.3 Å². The lowest BCUT2D eigenvalue weighted by molar-refractivity contribution is -0.396. The number of hydrogen-bond donors (Lipinski definition) is 0. The molecule has 35 heavy (non-hydrogen) atoms. The van der Waals surface area contributed by atoms with Crippen molar-refractivity contribution in [2.45, 2.75) is 49.6 Å². The van der Waals surface area contributed by atoms with Crippen LogP contribution in [0.3, 0.4) is 0 Å². The molecule has 3 atom stereocenters. The zero-order valence-corrected chi connectivity index (χ0v) is 17.8. The van der Waals surface area contributed by atoms with Gasteiger partial charge in [-0.15, -0.1) is 0 Å². The molecule has 0 aromatic heterocycles. The molecule has 4 nitrogen and oxygen atoms in total. The molecule has 2 rings (SSSR count). The van der Waals surface area contributed by atoms with E-state index in [-0.39, 0.29) is 11.8 Å². The normalized spacial score (nSPS) is 22.6. The molecule has 0 amide bonds. The van der Waals surface area contributed by atoms with Gasteiger partial charge >= 0.3 is 30.7 Å². The predicted octanol–water partition coefficient (Wildman–Crippen LogP) is 6.28. The summed E-state index contributed by atoms with van der Waals surface area (Å²) in [7, 11) is 0.984. The maximum absolute atomic E-state index is 13.2. The third-order valence-corrected chi connectivity index (χ3v) is 5.26. The second-order valence-electron chi connectivity index (χ2n) is 7.79. The fraction of sp³-hybridized carbons (Fsp3) is 0.737. The van der Waals surface area contributed by atoms with Crippen LogP contribution in [-0.4, -0.2) is 56.8 Å². The molecule has 0 aliphatic heterocycles. The smallest absolute Gasteiger partial charge is 0.426 e. The van der Waals surface area contributed by atoms with E-state index >= 15 is 0 Å². The van der Waals surface area contributed by atoms with Crippen LogP contribution in [-0.2, 0) is 19.0 Å². The van der Waals surface area contributed by atoms with Crippen molar-refractivity contribution < 1.29 is 71.7 Å². The monoisotopic (exact) mass is 540 g/mol. The van der Waals surface area contributed by atoms with Crippen LogP contribution in [0, 0.1) is 17.8 Å². The molecule has 0 N–H and O–H groups in total. The van der Waals surface area contributed by atoms with E-state index in [1.54, 1.807) is 6.08 Å². The van der Waals surface area contributed by atoms with Crippen molar-refractivity contribution in [3.63, 3.8) is 0 Å². The number of methoxy groups -OCH3 is 1. The van der Waals surface area contributed by atoms with Gasteiger partial charge in [0.05, 0.1) is 0 Å². The number of allylic oxidation sites excluding steroid dienone is 2. The molecule has 0 spiro atoms. The lowest BCUT2D eigenvalue weighted by Crippen LogP contribution is -2.60. The van der Waals surface area contributed by atoms with Crippen LogP contribution in [0.2, 0.25) is 0 Å². The first kappa shape index (κ1) is 31.1. The Morgan fingerprint density at radius 1 is 0.914 bits per heavy atom. The van der Waals surface area contributed by atoms with Gasteiger partial charge in [-0.05, 0) is 37.0 Å². The van der Waals surface area contributed by atoms with Crippen molar-refractivity contribution in [2.75, 3.05) is 20.5 Å². The standard InChI is InChI=1S/C13H16F6O2.C6H4F6O2/c1-20-7-21-11(12(14,15)16,13(17,18)19)6-10-5-8-2-3-9(10)4-8;1-3(6(10,11)12)4(13)14-2-5(7,8)9/h2-3,8-10H,4-7H2,1H3;1-2H2. The van der Waals surface area contributed by atoms with E-state index in [2.05, 4.69) is 20.8 Å². The Morgan fingerprint density at radius 3 is 1.80 bits per heavy atom. The van der Waals surface area contributed by atoms with Gasteiger partial charge in [-0.25, -0.2) is 4.79 Å². The number of esters is 1. The first-order valence-electron chi connectivity index (χ1n) is 9.59. The number of hydrogen-bond acceptors (Lipinski definition) is 4. The first-order valence-corrected chi connectivity index (χ1v) is 9.59. The average Bonchev–Trinajstić information content (AvgIpc) is 3.29. The summed E-state index contributed by atoms with van der Waals surface area (Å²) in [5.74, 6) is -2.96. The van der Waals surface area contributed by atoms with E-state index in [0.717, 1.165) is 7.11 Å². The second kappa shape index (κ2) is 11.0. The van der Waals surface area contributed by atoms with E-state index < -0.39 is 67.6 Å². The van der Waals surface area contributed by atoms with E-state index in [9.17, 15) is 57.5 Å². The van der Waals surface area contributed by atoms with Crippen LogP contribution in [0.25, 0.3) is 0 Å².